The van der Waals surface area contributed by atoms with Gasteiger partial charge in [-0.2, -0.15) is 0 Å². The maximum Gasteiger partial charge on any atom is 0.255 e. The molecule has 39 heavy (non-hydrogen) atoms. The minimum absolute atomic E-state index is 0.0782. The number of morpholine rings is 1. The smallest absolute Gasteiger partial charge is 0.255 e. The highest BCUT2D eigenvalue weighted by Crippen LogP contribution is 2.30. The first-order valence-corrected chi connectivity index (χ1v) is 14.1. The van der Waals surface area contributed by atoms with Crippen LogP contribution < -0.4 is 15.8 Å². The Hall–Kier alpha value is -2.81. The van der Waals surface area contributed by atoms with Crippen molar-refractivity contribution in [2.45, 2.75) is 45.1 Å². The average molecular weight is 557 g/mol. The number of carbonyl (C=O) groups is 2. The van der Waals surface area contributed by atoms with E-state index in [0.29, 0.717) is 41.1 Å². The number of methoxy groups -OCH3 is 1. The second-order valence-electron chi connectivity index (χ2n) is 11.6. The van der Waals surface area contributed by atoms with E-state index in [-0.39, 0.29) is 23.3 Å². The minimum atomic E-state index is -0.278. The van der Waals surface area contributed by atoms with Gasteiger partial charge in [0.15, 0.2) is 0 Å². The molecule has 2 aromatic carbocycles. The van der Waals surface area contributed by atoms with Crippen molar-refractivity contribution in [1.29, 1.82) is 0 Å². The monoisotopic (exact) mass is 556 g/mol. The molecule has 2 aliphatic rings. The lowest BCUT2D eigenvalue weighted by Gasteiger charge is -2.38. The fraction of sp³-hybridized carbons (Fsp3) is 0.533. The number of likely N-dealkylation sites (tertiary alicyclic amines) is 1. The van der Waals surface area contributed by atoms with E-state index >= 15 is 0 Å². The van der Waals surface area contributed by atoms with Gasteiger partial charge in [-0.15, -0.1) is 0 Å². The number of nitrogen functional groups attached to an aromatic ring is 1. The number of piperidine rings is 1. The molecular formula is C30H41ClN4O4. The number of amides is 2. The molecular weight excluding hydrogens is 516 g/mol. The molecule has 1 unspecified atom stereocenters. The first-order valence-electron chi connectivity index (χ1n) is 13.7. The predicted molar refractivity (Wildman–Crippen MR) is 155 cm³/mol. The Labute approximate surface area is 236 Å². The molecule has 8 nitrogen and oxygen atoms in total. The largest absolute Gasteiger partial charge is 0.496 e. The van der Waals surface area contributed by atoms with Crippen molar-refractivity contribution in [2.75, 3.05) is 58.7 Å². The van der Waals surface area contributed by atoms with E-state index in [9.17, 15) is 9.59 Å². The molecule has 0 saturated carbocycles. The van der Waals surface area contributed by atoms with Crippen molar-refractivity contribution in [3.63, 3.8) is 0 Å². The maximum atomic E-state index is 13.4. The minimum Gasteiger partial charge on any atom is -0.496 e. The van der Waals surface area contributed by atoms with E-state index in [1.165, 1.54) is 13.2 Å². The van der Waals surface area contributed by atoms with Crippen LogP contribution in [0.25, 0.3) is 0 Å². The van der Waals surface area contributed by atoms with E-state index in [1.54, 1.807) is 6.07 Å². The first-order chi connectivity index (χ1) is 18.6. The van der Waals surface area contributed by atoms with Crippen molar-refractivity contribution < 1.29 is 19.1 Å². The van der Waals surface area contributed by atoms with Gasteiger partial charge in [-0.1, -0.05) is 50.6 Å². The molecule has 0 radical (unpaired) electrons. The van der Waals surface area contributed by atoms with Crippen LogP contribution in [0.5, 0.6) is 5.75 Å². The average Bonchev–Trinajstić information content (AvgIpc) is 2.92. The Morgan fingerprint density at radius 1 is 1.13 bits per heavy atom. The van der Waals surface area contributed by atoms with Crippen LogP contribution in [-0.4, -0.2) is 80.7 Å². The number of nitrogens with two attached hydrogens (primary N) is 1. The Morgan fingerprint density at radius 2 is 1.85 bits per heavy atom. The number of nitrogens with zero attached hydrogens (tertiary/aromatic N) is 2. The third-order valence-electron chi connectivity index (χ3n) is 7.66. The summed E-state index contributed by atoms with van der Waals surface area (Å²) in [5.74, 6) is 0.772. The highest BCUT2D eigenvalue weighted by atomic mass is 35.5. The van der Waals surface area contributed by atoms with Gasteiger partial charge in [-0.25, -0.2) is 0 Å². The third kappa shape index (κ3) is 7.24. The molecule has 2 aromatic rings. The molecule has 4 rings (SSSR count). The van der Waals surface area contributed by atoms with Crippen LogP contribution in [-0.2, 0) is 10.2 Å². The van der Waals surface area contributed by atoms with Crippen molar-refractivity contribution in [3.8, 4) is 5.75 Å². The highest BCUT2D eigenvalue weighted by molar-refractivity contribution is 6.33. The van der Waals surface area contributed by atoms with E-state index in [2.05, 4.69) is 37.1 Å². The van der Waals surface area contributed by atoms with Crippen LogP contribution in [0.15, 0.2) is 36.4 Å². The number of anilines is 1. The van der Waals surface area contributed by atoms with Crippen LogP contribution in [0.3, 0.4) is 0 Å². The summed E-state index contributed by atoms with van der Waals surface area (Å²) in [4.78, 5) is 30.6. The van der Waals surface area contributed by atoms with Gasteiger partial charge >= 0.3 is 0 Å². The highest BCUT2D eigenvalue weighted by Gasteiger charge is 2.30. The first kappa shape index (κ1) is 29.2. The van der Waals surface area contributed by atoms with Gasteiger partial charge in [0.2, 0.25) is 0 Å². The number of nitrogens with one attached hydrogen (secondary N) is 1. The van der Waals surface area contributed by atoms with Crippen LogP contribution in [0.1, 0.15) is 59.9 Å². The number of rotatable bonds is 7. The van der Waals surface area contributed by atoms with Gasteiger partial charge in [0.1, 0.15) is 5.75 Å². The predicted octanol–water partition coefficient (Wildman–Crippen LogP) is 4.21. The maximum absolute atomic E-state index is 13.4. The molecule has 2 saturated heterocycles. The van der Waals surface area contributed by atoms with Gasteiger partial charge in [-0.05, 0) is 41.9 Å². The van der Waals surface area contributed by atoms with Crippen LogP contribution in [0.2, 0.25) is 5.02 Å². The molecule has 2 amide bonds. The Bertz CT molecular complexity index is 1170. The summed E-state index contributed by atoms with van der Waals surface area (Å²) in [6.07, 6.45) is 1.87. The Balaban J connectivity index is 1.26. The molecule has 3 N–H and O–H groups in total. The van der Waals surface area contributed by atoms with Crippen molar-refractivity contribution >= 4 is 29.1 Å². The van der Waals surface area contributed by atoms with Gasteiger partial charge in [0, 0.05) is 50.9 Å². The Kier molecular flexibility index (Phi) is 9.41. The quantitative estimate of drug-likeness (QED) is 0.496. The van der Waals surface area contributed by atoms with Crippen molar-refractivity contribution in [3.05, 3.63) is 58.1 Å². The molecule has 1 atom stereocenters. The number of benzene rings is 2. The lowest BCUT2D eigenvalue weighted by molar-refractivity contribution is -0.0332. The SMILES string of the molecule is COc1cc(N)c(Cl)cc1C(=O)NCC1CN(CC2CCN(C(=O)c3ccccc3C(C)(C)C)CC2)CCO1. The standard InChI is InChI=1S/C30H41ClN4O4/c1-30(2,3)24-8-6-5-7-22(24)29(37)35-11-9-20(10-12-35)18-34-13-14-39-21(19-34)17-33-28(36)23-15-25(31)26(32)16-27(23)38-4/h5-8,15-16,20-21H,9-14,17-19,32H2,1-4H3,(H,33,36). The zero-order valence-corrected chi connectivity index (χ0v) is 24.2. The van der Waals surface area contributed by atoms with Crippen LogP contribution in [0, 0.1) is 5.92 Å². The molecule has 2 fully saturated rings. The molecule has 2 heterocycles. The number of hydrogen-bond donors (Lipinski definition) is 2. The fourth-order valence-electron chi connectivity index (χ4n) is 5.46. The summed E-state index contributed by atoms with van der Waals surface area (Å²) < 4.78 is 11.2. The molecule has 0 aromatic heterocycles. The lowest BCUT2D eigenvalue weighted by Crippen LogP contribution is -2.50. The van der Waals surface area contributed by atoms with Gasteiger partial charge in [-0.3, -0.25) is 14.5 Å². The fourth-order valence-corrected chi connectivity index (χ4v) is 5.63. The van der Waals surface area contributed by atoms with E-state index in [4.69, 9.17) is 26.8 Å². The lowest BCUT2D eigenvalue weighted by atomic mass is 9.83. The van der Waals surface area contributed by atoms with E-state index in [1.807, 2.05) is 23.1 Å². The normalized spacial score (nSPS) is 19.1. The number of hydrogen-bond acceptors (Lipinski definition) is 6. The summed E-state index contributed by atoms with van der Waals surface area (Å²) in [7, 11) is 1.49. The van der Waals surface area contributed by atoms with E-state index < -0.39 is 0 Å². The zero-order chi connectivity index (χ0) is 28.2. The Morgan fingerprint density at radius 3 is 2.54 bits per heavy atom. The number of carbonyl (C=O) groups excluding carboxylic acids is 2. The summed E-state index contributed by atoms with van der Waals surface area (Å²) in [6.45, 7) is 11.6. The van der Waals surface area contributed by atoms with Gasteiger partial charge in [0.25, 0.3) is 11.8 Å². The molecule has 0 aliphatic carbocycles. The van der Waals surface area contributed by atoms with E-state index in [0.717, 1.165) is 56.7 Å². The molecule has 0 bridgehead atoms. The van der Waals surface area contributed by atoms with Gasteiger partial charge < -0.3 is 25.4 Å². The molecule has 9 heteroatoms. The van der Waals surface area contributed by atoms with Crippen LogP contribution >= 0.6 is 11.6 Å². The summed E-state index contributed by atoms with van der Waals surface area (Å²) in [5, 5.41) is 3.26. The van der Waals surface area contributed by atoms with Crippen LogP contribution in [0.4, 0.5) is 5.69 Å². The molecule has 2 aliphatic heterocycles. The summed E-state index contributed by atoms with van der Waals surface area (Å²) >= 11 is 6.12. The second kappa shape index (κ2) is 12.6. The number of halogens is 1. The third-order valence-corrected chi connectivity index (χ3v) is 7.99. The zero-order valence-electron chi connectivity index (χ0n) is 23.5. The van der Waals surface area contributed by atoms with Crippen molar-refractivity contribution in [2.24, 2.45) is 5.92 Å². The molecule has 0 spiro atoms. The van der Waals surface area contributed by atoms with Gasteiger partial charge in [0.05, 0.1) is 36.1 Å². The van der Waals surface area contributed by atoms with Crippen molar-refractivity contribution in [1.82, 2.24) is 15.1 Å². The summed E-state index contributed by atoms with van der Waals surface area (Å²) in [5.41, 5.74) is 8.38. The second-order valence-corrected chi connectivity index (χ2v) is 12.0. The molecule has 212 valence electrons. The number of ether oxygens (including phenoxy) is 2. The topological polar surface area (TPSA) is 97.1 Å². The summed E-state index contributed by atoms with van der Waals surface area (Å²) in [6, 6.07) is 11.1.